The standard InChI is InChI=1S/C12H18N2O2.ClH/c1-3-11(13)12(15)14-8-9-5-4-6-10(7-9)16-2;/h4-7,11H,3,8,13H2,1-2H3,(H,14,15);1H/t11-;/m0./s1. The van der Waals surface area contributed by atoms with Gasteiger partial charge in [-0.15, -0.1) is 12.4 Å². The van der Waals surface area contributed by atoms with Crippen LogP contribution in [0.4, 0.5) is 0 Å². The van der Waals surface area contributed by atoms with Crippen LogP contribution in [0.1, 0.15) is 18.9 Å². The molecule has 0 aromatic heterocycles. The Kier molecular flexibility index (Phi) is 7.34. The first-order valence-corrected chi connectivity index (χ1v) is 5.33. The molecule has 1 aromatic carbocycles. The summed E-state index contributed by atoms with van der Waals surface area (Å²) in [6.07, 6.45) is 0.643. The van der Waals surface area contributed by atoms with E-state index in [0.717, 1.165) is 11.3 Å². The second-order valence-corrected chi connectivity index (χ2v) is 3.58. The van der Waals surface area contributed by atoms with E-state index in [4.69, 9.17) is 10.5 Å². The van der Waals surface area contributed by atoms with Gasteiger partial charge in [-0.2, -0.15) is 0 Å². The van der Waals surface area contributed by atoms with Crippen molar-refractivity contribution < 1.29 is 9.53 Å². The zero-order chi connectivity index (χ0) is 12.0. The maximum absolute atomic E-state index is 11.4. The Morgan fingerprint density at radius 1 is 1.53 bits per heavy atom. The number of carbonyl (C=O) groups excluding carboxylic acids is 1. The van der Waals surface area contributed by atoms with E-state index in [2.05, 4.69) is 5.32 Å². The molecule has 0 saturated carbocycles. The predicted molar refractivity (Wildman–Crippen MR) is 70.4 cm³/mol. The zero-order valence-corrected chi connectivity index (χ0v) is 10.9. The van der Waals surface area contributed by atoms with Gasteiger partial charge in [-0.25, -0.2) is 0 Å². The molecule has 0 heterocycles. The fraction of sp³-hybridized carbons (Fsp3) is 0.417. The lowest BCUT2D eigenvalue weighted by Gasteiger charge is -2.10. The molecular formula is C12H19ClN2O2. The number of carbonyl (C=O) groups is 1. The normalized spacial score (nSPS) is 11.2. The van der Waals surface area contributed by atoms with Gasteiger partial charge in [0.1, 0.15) is 5.75 Å². The molecule has 1 atom stereocenters. The molecule has 0 aliphatic heterocycles. The first kappa shape index (κ1) is 15.7. The average Bonchev–Trinajstić information content (AvgIpc) is 2.35. The average molecular weight is 259 g/mol. The molecule has 3 N–H and O–H groups in total. The molecule has 0 fully saturated rings. The number of halogens is 1. The number of benzene rings is 1. The van der Waals surface area contributed by atoms with E-state index in [1.165, 1.54) is 0 Å². The van der Waals surface area contributed by atoms with Gasteiger partial charge in [0.25, 0.3) is 0 Å². The van der Waals surface area contributed by atoms with Crippen LogP contribution in [-0.2, 0) is 11.3 Å². The first-order chi connectivity index (χ1) is 7.67. The predicted octanol–water partition coefficient (Wildman–Crippen LogP) is 1.47. The maximum Gasteiger partial charge on any atom is 0.237 e. The number of methoxy groups -OCH3 is 1. The van der Waals surface area contributed by atoms with Gasteiger partial charge >= 0.3 is 0 Å². The van der Waals surface area contributed by atoms with Crippen LogP contribution in [0, 0.1) is 0 Å². The van der Waals surface area contributed by atoms with E-state index in [-0.39, 0.29) is 18.3 Å². The summed E-state index contributed by atoms with van der Waals surface area (Å²) in [6.45, 7) is 2.36. The summed E-state index contributed by atoms with van der Waals surface area (Å²) in [5.74, 6) is 0.664. The molecule has 5 heteroatoms. The van der Waals surface area contributed by atoms with Crippen molar-refractivity contribution in [2.24, 2.45) is 5.73 Å². The van der Waals surface area contributed by atoms with Gasteiger partial charge in [0.05, 0.1) is 13.2 Å². The van der Waals surface area contributed by atoms with Crippen molar-refractivity contribution in [1.29, 1.82) is 0 Å². The molecule has 17 heavy (non-hydrogen) atoms. The van der Waals surface area contributed by atoms with E-state index < -0.39 is 6.04 Å². The minimum atomic E-state index is -0.425. The second kappa shape index (κ2) is 7.92. The summed E-state index contributed by atoms with van der Waals surface area (Å²) in [5.41, 5.74) is 6.60. The number of nitrogens with one attached hydrogen (secondary N) is 1. The van der Waals surface area contributed by atoms with Crippen LogP contribution in [0.15, 0.2) is 24.3 Å². The summed E-state index contributed by atoms with van der Waals surface area (Å²) >= 11 is 0. The Balaban J connectivity index is 0.00000256. The highest BCUT2D eigenvalue weighted by Crippen LogP contribution is 2.12. The van der Waals surface area contributed by atoms with E-state index in [0.29, 0.717) is 13.0 Å². The van der Waals surface area contributed by atoms with Gasteiger partial charge in [-0.05, 0) is 24.1 Å². The van der Waals surface area contributed by atoms with Gasteiger partial charge in [0, 0.05) is 6.54 Å². The van der Waals surface area contributed by atoms with Crippen LogP contribution in [0.2, 0.25) is 0 Å². The number of amides is 1. The zero-order valence-electron chi connectivity index (χ0n) is 10.1. The third kappa shape index (κ3) is 5.06. The van der Waals surface area contributed by atoms with Crippen LogP contribution in [0.25, 0.3) is 0 Å². The number of ether oxygens (including phenoxy) is 1. The molecule has 0 radical (unpaired) electrons. The van der Waals surface area contributed by atoms with E-state index in [1.807, 2.05) is 31.2 Å². The second-order valence-electron chi connectivity index (χ2n) is 3.58. The molecule has 1 aromatic rings. The minimum absolute atomic E-state index is 0. The van der Waals surface area contributed by atoms with Gasteiger partial charge < -0.3 is 15.8 Å². The van der Waals surface area contributed by atoms with Crippen LogP contribution < -0.4 is 15.8 Å². The molecule has 0 aliphatic rings. The summed E-state index contributed by atoms with van der Waals surface area (Å²) < 4.78 is 5.09. The van der Waals surface area contributed by atoms with Crippen molar-refractivity contribution in [1.82, 2.24) is 5.32 Å². The molecule has 1 amide bonds. The summed E-state index contributed by atoms with van der Waals surface area (Å²) in [5, 5.41) is 2.78. The van der Waals surface area contributed by atoms with Gasteiger partial charge in [-0.3, -0.25) is 4.79 Å². The fourth-order valence-electron chi connectivity index (χ4n) is 1.29. The number of hydrogen-bond donors (Lipinski definition) is 2. The van der Waals surface area contributed by atoms with Crippen molar-refractivity contribution in [2.75, 3.05) is 7.11 Å². The van der Waals surface area contributed by atoms with E-state index in [9.17, 15) is 4.79 Å². The van der Waals surface area contributed by atoms with Crippen molar-refractivity contribution in [3.05, 3.63) is 29.8 Å². The lowest BCUT2D eigenvalue weighted by Crippen LogP contribution is -2.39. The maximum atomic E-state index is 11.4. The molecule has 1 rings (SSSR count). The molecular weight excluding hydrogens is 240 g/mol. The van der Waals surface area contributed by atoms with Crippen molar-refractivity contribution in [3.63, 3.8) is 0 Å². The number of nitrogens with two attached hydrogens (primary N) is 1. The van der Waals surface area contributed by atoms with E-state index in [1.54, 1.807) is 7.11 Å². The quantitative estimate of drug-likeness (QED) is 0.841. The van der Waals surface area contributed by atoms with Crippen molar-refractivity contribution in [2.45, 2.75) is 25.9 Å². The molecule has 0 aliphatic carbocycles. The van der Waals surface area contributed by atoms with Crippen molar-refractivity contribution in [3.8, 4) is 5.75 Å². The number of hydrogen-bond acceptors (Lipinski definition) is 3. The lowest BCUT2D eigenvalue weighted by molar-refractivity contribution is -0.122. The first-order valence-electron chi connectivity index (χ1n) is 5.33. The summed E-state index contributed by atoms with van der Waals surface area (Å²) in [6, 6.07) is 7.15. The Morgan fingerprint density at radius 3 is 2.82 bits per heavy atom. The SMILES string of the molecule is CC[C@H](N)C(=O)NCc1cccc(OC)c1.Cl. The lowest BCUT2D eigenvalue weighted by atomic mass is 10.2. The van der Waals surface area contributed by atoms with Crippen molar-refractivity contribution >= 4 is 18.3 Å². The smallest absolute Gasteiger partial charge is 0.237 e. The molecule has 0 bridgehead atoms. The Hall–Kier alpha value is -1.26. The third-order valence-corrected chi connectivity index (χ3v) is 2.38. The topological polar surface area (TPSA) is 64.4 Å². The molecule has 4 nitrogen and oxygen atoms in total. The number of rotatable bonds is 5. The highest BCUT2D eigenvalue weighted by atomic mass is 35.5. The molecule has 0 saturated heterocycles. The summed E-state index contributed by atoms with van der Waals surface area (Å²) in [4.78, 5) is 11.4. The Bertz CT molecular complexity index is 358. The monoisotopic (exact) mass is 258 g/mol. The van der Waals surface area contributed by atoms with Gasteiger partial charge in [0.15, 0.2) is 0 Å². The van der Waals surface area contributed by atoms with Crippen LogP contribution in [0.5, 0.6) is 5.75 Å². The van der Waals surface area contributed by atoms with Crippen LogP contribution >= 0.6 is 12.4 Å². The largest absolute Gasteiger partial charge is 0.497 e. The third-order valence-electron chi connectivity index (χ3n) is 2.38. The summed E-state index contributed by atoms with van der Waals surface area (Å²) in [7, 11) is 1.62. The highest BCUT2D eigenvalue weighted by Gasteiger charge is 2.09. The van der Waals surface area contributed by atoms with Crippen LogP contribution in [0.3, 0.4) is 0 Å². The van der Waals surface area contributed by atoms with Crippen LogP contribution in [-0.4, -0.2) is 19.1 Å². The van der Waals surface area contributed by atoms with Gasteiger partial charge in [0.2, 0.25) is 5.91 Å². The Morgan fingerprint density at radius 2 is 2.24 bits per heavy atom. The molecule has 0 unspecified atom stereocenters. The van der Waals surface area contributed by atoms with E-state index >= 15 is 0 Å². The highest BCUT2D eigenvalue weighted by molar-refractivity contribution is 5.85. The molecule has 0 spiro atoms. The minimum Gasteiger partial charge on any atom is -0.497 e. The Labute approximate surface area is 108 Å². The molecule has 96 valence electrons. The van der Waals surface area contributed by atoms with Gasteiger partial charge in [-0.1, -0.05) is 19.1 Å². The fourth-order valence-corrected chi connectivity index (χ4v) is 1.29.